The van der Waals surface area contributed by atoms with Crippen LogP contribution < -0.4 is 0 Å². The predicted octanol–water partition coefficient (Wildman–Crippen LogP) is 2.67. The molecule has 0 saturated carbocycles. The second-order valence-corrected chi connectivity index (χ2v) is 2.23. The molecular formula is C7H4F3NO2. The second kappa shape index (κ2) is 3.42. The van der Waals surface area contributed by atoms with Crippen LogP contribution >= 0.6 is 0 Å². The van der Waals surface area contributed by atoms with Crippen molar-refractivity contribution in [3.05, 3.63) is 39.7 Å². The van der Waals surface area contributed by atoms with Crippen molar-refractivity contribution in [2.75, 3.05) is 0 Å². The number of benzene rings is 1. The molecule has 1 aromatic rings. The standard InChI is InChI=1S/C7H4F3NO2/c8-4-2-1-3-5(11(12)13)6(4)7(9)10/h1-3,7H. The van der Waals surface area contributed by atoms with Crippen molar-refractivity contribution in [1.82, 2.24) is 0 Å². The van der Waals surface area contributed by atoms with Crippen molar-refractivity contribution in [2.45, 2.75) is 6.43 Å². The Kier molecular flexibility index (Phi) is 2.50. The van der Waals surface area contributed by atoms with Gasteiger partial charge in [0.25, 0.3) is 12.1 Å². The minimum absolute atomic E-state index is 0.758. The lowest BCUT2D eigenvalue weighted by Gasteiger charge is -2.01. The molecular weight excluding hydrogens is 187 g/mol. The Hall–Kier alpha value is -1.59. The smallest absolute Gasteiger partial charge is 0.258 e. The molecule has 0 bridgehead atoms. The van der Waals surface area contributed by atoms with Crippen LogP contribution in [0.3, 0.4) is 0 Å². The van der Waals surface area contributed by atoms with E-state index in [1.54, 1.807) is 0 Å². The van der Waals surface area contributed by atoms with Gasteiger partial charge in [-0.1, -0.05) is 6.07 Å². The van der Waals surface area contributed by atoms with Gasteiger partial charge in [0.15, 0.2) is 0 Å². The summed E-state index contributed by atoms with van der Waals surface area (Å²) in [6, 6.07) is 2.61. The second-order valence-electron chi connectivity index (χ2n) is 2.23. The number of nitro groups is 1. The minimum atomic E-state index is -3.18. The Morgan fingerprint density at radius 1 is 1.38 bits per heavy atom. The van der Waals surface area contributed by atoms with Gasteiger partial charge >= 0.3 is 0 Å². The third kappa shape index (κ3) is 1.77. The molecule has 0 saturated heterocycles. The molecule has 0 unspecified atom stereocenters. The molecule has 0 aliphatic carbocycles. The Morgan fingerprint density at radius 3 is 2.38 bits per heavy atom. The lowest BCUT2D eigenvalue weighted by Crippen LogP contribution is -1.98. The van der Waals surface area contributed by atoms with E-state index in [1.165, 1.54) is 0 Å². The highest BCUT2D eigenvalue weighted by Crippen LogP contribution is 2.30. The van der Waals surface area contributed by atoms with Crippen molar-refractivity contribution in [2.24, 2.45) is 0 Å². The van der Waals surface area contributed by atoms with Gasteiger partial charge < -0.3 is 0 Å². The number of alkyl halides is 2. The molecule has 0 atom stereocenters. The highest BCUT2D eigenvalue weighted by atomic mass is 19.3. The Bertz CT molecular complexity index is 341. The average molecular weight is 191 g/mol. The molecule has 0 radical (unpaired) electrons. The van der Waals surface area contributed by atoms with Crippen LogP contribution in [0.1, 0.15) is 12.0 Å². The van der Waals surface area contributed by atoms with Crippen LogP contribution in [-0.4, -0.2) is 4.92 Å². The molecule has 13 heavy (non-hydrogen) atoms. The van der Waals surface area contributed by atoms with E-state index >= 15 is 0 Å². The SMILES string of the molecule is O=[N+]([O-])c1cccc(F)c1C(F)F. The van der Waals surface area contributed by atoms with Gasteiger partial charge in [-0.05, 0) is 6.07 Å². The first-order chi connectivity index (χ1) is 6.04. The quantitative estimate of drug-likeness (QED) is 0.532. The van der Waals surface area contributed by atoms with Crippen LogP contribution in [0.15, 0.2) is 18.2 Å². The summed E-state index contributed by atoms with van der Waals surface area (Å²) in [5, 5.41) is 10.2. The van der Waals surface area contributed by atoms with Crippen LogP contribution in [0.2, 0.25) is 0 Å². The van der Waals surface area contributed by atoms with Gasteiger partial charge in [-0.15, -0.1) is 0 Å². The third-order valence-corrected chi connectivity index (χ3v) is 1.44. The lowest BCUT2D eigenvalue weighted by atomic mass is 10.2. The summed E-state index contributed by atoms with van der Waals surface area (Å²) >= 11 is 0. The van der Waals surface area contributed by atoms with E-state index in [0.717, 1.165) is 18.2 Å². The summed E-state index contributed by atoms with van der Waals surface area (Å²) in [7, 11) is 0. The van der Waals surface area contributed by atoms with E-state index in [0.29, 0.717) is 0 Å². The predicted molar refractivity (Wildman–Crippen MR) is 38.0 cm³/mol. The van der Waals surface area contributed by atoms with E-state index in [-0.39, 0.29) is 0 Å². The Labute approximate surface area is 70.9 Å². The van der Waals surface area contributed by atoms with Gasteiger partial charge in [0, 0.05) is 6.07 Å². The minimum Gasteiger partial charge on any atom is -0.258 e. The van der Waals surface area contributed by atoms with Crippen molar-refractivity contribution in [3.8, 4) is 0 Å². The molecule has 3 nitrogen and oxygen atoms in total. The van der Waals surface area contributed by atoms with Crippen molar-refractivity contribution in [1.29, 1.82) is 0 Å². The van der Waals surface area contributed by atoms with E-state index < -0.39 is 28.4 Å². The van der Waals surface area contributed by atoms with Crippen LogP contribution in [-0.2, 0) is 0 Å². The molecule has 0 heterocycles. The fourth-order valence-electron chi connectivity index (χ4n) is 0.901. The van der Waals surface area contributed by atoms with Gasteiger partial charge in [0.1, 0.15) is 11.4 Å². The first kappa shape index (κ1) is 9.50. The molecule has 0 amide bonds. The molecule has 1 rings (SSSR count). The first-order valence-corrected chi connectivity index (χ1v) is 3.25. The number of rotatable bonds is 2. The van der Waals surface area contributed by atoms with E-state index in [2.05, 4.69) is 0 Å². The number of hydrogen-bond donors (Lipinski definition) is 0. The van der Waals surface area contributed by atoms with Crippen molar-refractivity contribution < 1.29 is 18.1 Å². The van der Waals surface area contributed by atoms with Crippen molar-refractivity contribution >= 4 is 5.69 Å². The fraction of sp³-hybridized carbons (Fsp3) is 0.143. The summed E-state index contributed by atoms with van der Waals surface area (Å²) in [6.45, 7) is 0. The summed E-state index contributed by atoms with van der Waals surface area (Å²) < 4.78 is 36.9. The molecule has 0 N–H and O–H groups in total. The highest BCUT2D eigenvalue weighted by Gasteiger charge is 2.25. The van der Waals surface area contributed by atoms with E-state index in [9.17, 15) is 23.3 Å². The van der Waals surface area contributed by atoms with Gasteiger partial charge in [-0.25, -0.2) is 13.2 Å². The highest BCUT2D eigenvalue weighted by molar-refractivity contribution is 5.41. The normalized spacial score (nSPS) is 10.5. The molecule has 6 heteroatoms. The summed E-state index contributed by atoms with van der Waals surface area (Å²) in [5.41, 5.74) is -2.05. The first-order valence-electron chi connectivity index (χ1n) is 3.25. The molecule has 0 aromatic heterocycles. The Balaban J connectivity index is 3.34. The summed E-state index contributed by atoms with van der Waals surface area (Å²) in [4.78, 5) is 9.15. The van der Waals surface area contributed by atoms with Crippen LogP contribution in [0, 0.1) is 15.9 Å². The number of nitrogens with zero attached hydrogens (tertiary/aromatic N) is 1. The van der Waals surface area contributed by atoms with E-state index in [4.69, 9.17) is 0 Å². The molecule has 70 valence electrons. The zero-order valence-electron chi connectivity index (χ0n) is 6.21. The molecule has 0 spiro atoms. The van der Waals surface area contributed by atoms with Crippen LogP contribution in [0.25, 0.3) is 0 Å². The van der Waals surface area contributed by atoms with Crippen molar-refractivity contribution in [3.63, 3.8) is 0 Å². The molecule has 1 aromatic carbocycles. The fourth-order valence-corrected chi connectivity index (χ4v) is 0.901. The van der Waals surface area contributed by atoms with Gasteiger partial charge in [-0.2, -0.15) is 0 Å². The maximum absolute atomic E-state index is 12.7. The average Bonchev–Trinajstić information content (AvgIpc) is 2.02. The number of hydrogen-bond acceptors (Lipinski definition) is 2. The van der Waals surface area contributed by atoms with Gasteiger partial charge in [0.05, 0.1) is 4.92 Å². The molecule has 0 aliphatic rings. The third-order valence-electron chi connectivity index (χ3n) is 1.44. The maximum atomic E-state index is 12.7. The molecule has 0 fully saturated rings. The topological polar surface area (TPSA) is 43.1 Å². The maximum Gasteiger partial charge on any atom is 0.281 e. The Morgan fingerprint density at radius 2 is 2.00 bits per heavy atom. The summed E-state index contributed by atoms with van der Waals surface area (Å²) in [6.07, 6.45) is -3.18. The monoisotopic (exact) mass is 191 g/mol. The zero-order chi connectivity index (χ0) is 10.0. The number of nitro benzene ring substituents is 1. The van der Waals surface area contributed by atoms with Crippen LogP contribution in [0.4, 0.5) is 18.9 Å². The van der Waals surface area contributed by atoms with Gasteiger partial charge in [-0.3, -0.25) is 10.1 Å². The lowest BCUT2D eigenvalue weighted by molar-refractivity contribution is -0.386. The van der Waals surface area contributed by atoms with Gasteiger partial charge in [0.2, 0.25) is 0 Å². The largest absolute Gasteiger partial charge is 0.281 e. The van der Waals surface area contributed by atoms with E-state index in [1.807, 2.05) is 0 Å². The zero-order valence-corrected chi connectivity index (χ0v) is 6.21. The number of halogens is 3. The van der Waals surface area contributed by atoms with Crippen LogP contribution in [0.5, 0.6) is 0 Å². The summed E-state index contributed by atoms with van der Waals surface area (Å²) in [5.74, 6) is -1.26. The molecule has 0 aliphatic heterocycles.